The summed E-state index contributed by atoms with van der Waals surface area (Å²) in [5.41, 5.74) is 0.681. The van der Waals surface area contributed by atoms with Crippen LogP contribution in [0.5, 0.6) is 5.75 Å². The number of nitrogens with one attached hydrogen (secondary N) is 1. The Labute approximate surface area is 221 Å². The van der Waals surface area contributed by atoms with Crippen molar-refractivity contribution in [3.63, 3.8) is 0 Å². The Morgan fingerprint density at radius 2 is 1.16 bits per heavy atom. The van der Waals surface area contributed by atoms with Crippen molar-refractivity contribution in [2.75, 3.05) is 52.1 Å². The van der Waals surface area contributed by atoms with Gasteiger partial charge in [-0.3, -0.25) is 0 Å². The van der Waals surface area contributed by atoms with Gasteiger partial charge in [0.25, 0.3) is 11.6 Å². The third-order valence-electron chi connectivity index (χ3n) is 5.68. The van der Waals surface area contributed by atoms with Gasteiger partial charge < -0.3 is 38.5 Å². The van der Waals surface area contributed by atoms with Crippen LogP contribution in [-0.4, -0.2) is 76.3 Å². The summed E-state index contributed by atoms with van der Waals surface area (Å²) >= 11 is 0. The molecule has 0 bridgehead atoms. The molecule has 0 saturated carbocycles. The summed E-state index contributed by atoms with van der Waals surface area (Å²) < 4.78 is 39.9. The Balaban J connectivity index is 3.65. The van der Waals surface area contributed by atoms with Crippen molar-refractivity contribution in [3.05, 3.63) is 24.3 Å². The van der Waals surface area contributed by atoms with Crippen LogP contribution in [0.1, 0.15) is 54.9 Å². The van der Waals surface area contributed by atoms with E-state index in [0.29, 0.717) is 11.4 Å². The molecule has 10 nitrogen and oxygen atoms in total. The summed E-state index contributed by atoms with van der Waals surface area (Å²) in [6.45, 7) is 13.4. The molecule has 10 heteroatoms. The van der Waals surface area contributed by atoms with Gasteiger partial charge in [0.05, 0.1) is 26.4 Å². The standard InChI is InChI=1S/C27H45NO9/c1-9-32-24(29)26(34-11-3,35-12-4)20(7)19-23(28-21-15-17-22(31-8)18-16-21)27(36-13-5,37-14-6)25(30)33-10-2/h15-18,20,23,28H,9-14,19H2,1-8H3. The fraction of sp³-hybridized carbons (Fsp3) is 0.704. The minimum absolute atomic E-state index is 0.135. The second-order valence-corrected chi connectivity index (χ2v) is 8.07. The summed E-state index contributed by atoms with van der Waals surface area (Å²) in [6, 6.07) is 6.39. The molecule has 1 N–H and O–H groups in total. The van der Waals surface area contributed by atoms with Crippen molar-refractivity contribution in [1.29, 1.82) is 0 Å². The third-order valence-corrected chi connectivity index (χ3v) is 5.68. The number of hydrogen-bond donors (Lipinski definition) is 1. The number of hydrogen-bond acceptors (Lipinski definition) is 10. The molecule has 212 valence electrons. The lowest BCUT2D eigenvalue weighted by atomic mass is 9.88. The first-order valence-corrected chi connectivity index (χ1v) is 13.1. The molecular formula is C27H45NO9. The smallest absolute Gasteiger partial charge is 0.369 e. The molecule has 0 spiro atoms. The maximum atomic E-state index is 13.4. The summed E-state index contributed by atoms with van der Waals surface area (Å²) in [5.74, 6) is -4.74. The van der Waals surface area contributed by atoms with Crippen LogP contribution < -0.4 is 10.1 Å². The van der Waals surface area contributed by atoms with Gasteiger partial charge in [-0.25, -0.2) is 9.59 Å². The topological polar surface area (TPSA) is 111 Å². The first kappa shape index (κ1) is 32.6. The van der Waals surface area contributed by atoms with Gasteiger partial charge in [0.2, 0.25) is 0 Å². The van der Waals surface area contributed by atoms with Crippen LogP contribution in [0.3, 0.4) is 0 Å². The molecule has 1 aromatic carbocycles. The summed E-state index contributed by atoms with van der Waals surface area (Å²) in [6.07, 6.45) is 0.156. The maximum absolute atomic E-state index is 13.4. The average Bonchev–Trinajstić information content (AvgIpc) is 2.88. The minimum Gasteiger partial charge on any atom is -0.497 e. The number of anilines is 1. The predicted molar refractivity (Wildman–Crippen MR) is 139 cm³/mol. The molecule has 2 unspecified atom stereocenters. The third kappa shape index (κ3) is 8.29. The van der Waals surface area contributed by atoms with Crippen LogP contribution in [0.4, 0.5) is 5.69 Å². The molecule has 0 aliphatic carbocycles. The predicted octanol–water partition coefficient (Wildman–Crippen LogP) is 4.17. The van der Waals surface area contributed by atoms with Crippen molar-refractivity contribution in [2.24, 2.45) is 5.92 Å². The van der Waals surface area contributed by atoms with E-state index >= 15 is 0 Å². The molecule has 1 rings (SSSR count). The zero-order chi connectivity index (χ0) is 27.9. The zero-order valence-corrected chi connectivity index (χ0v) is 23.6. The Hall–Kier alpha value is -2.40. The molecular weight excluding hydrogens is 482 g/mol. The highest BCUT2D eigenvalue weighted by Crippen LogP contribution is 2.35. The van der Waals surface area contributed by atoms with Crippen LogP contribution in [0.15, 0.2) is 24.3 Å². The van der Waals surface area contributed by atoms with E-state index in [-0.39, 0.29) is 46.1 Å². The van der Waals surface area contributed by atoms with Gasteiger partial charge in [-0.1, -0.05) is 6.92 Å². The number of carbonyl (C=O) groups excluding carboxylic acids is 2. The number of carbonyl (C=O) groups is 2. The van der Waals surface area contributed by atoms with Gasteiger partial charge in [0.15, 0.2) is 0 Å². The van der Waals surface area contributed by atoms with E-state index in [1.165, 1.54) is 0 Å². The van der Waals surface area contributed by atoms with Crippen LogP contribution in [-0.2, 0) is 38.0 Å². The number of ether oxygens (including phenoxy) is 7. The molecule has 0 aromatic heterocycles. The molecule has 0 aliphatic heterocycles. The van der Waals surface area contributed by atoms with E-state index in [0.717, 1.165) is 0 Å². The van der Waals surface area contributed by atoms with Crippen molar-refractivity contribution < 1.29 is 42.7 Å². The molecule has 0 saturated heterocycles. The Morgan fingerprint density at radius 3 is 1.57 bits per heavy atom. The molecule has 0 fully saturated rings. The Kier molecular flexibility index (Phi) is 14.5. The monoisotopic (exact) mass is 527 g/mol. The van der Waals surface area contributed by atoms with Gasteiger partial charge in [-0.2, -0.15) is 0 Å². The second kappa shape index (κ2) is 16.4. The number of methoxy groups -OCH3 is 1. The van der Waals surface area contributed by atoms with Gasteiger partial charge in [-0.15, -0.1) is 0 Å². The van der Waals surface area contributed by atoms with Gasteiger partial charge in [0, 0.05) is 38.0 Å². The van der Waals surface area contributed by atoms with Gasteiger partial charge in [0.1, 0.15) is 5.75 Å². The SMILES string of the molecule is CCOC(=O)C(OCC)(OCC)C(C)CC(Nc1ccc(OC)cc1)C(OCC)(OCC)C(=O)OCC. The van der Waals surface area contributed by atoms with Gasteiger partial charge in [-0.05, 0) is 72.2 Å². The molecule has 1 aromatic rings. The fourth-order valence-corrected chi connectivity index (χ4v) is 4.18. The Bertz CT molecular complexity index is 788. The molecule has 37 heavy (non-hydrogen) atoms. The lowest BCUT2D eigenvalue weighted by molar-refractivity contribution is -0.274. The highest BCUT2D eigenvalue weighted by molar-refractivity contribution is 5.80. The fourth-order valence-electron chi connectivity index (χ4n) is 4.18. The maximum Gasteiger partial charge on any atom is 0.369 e. The second-order valence-electron chi connectivity index (χ2n) is 8.07. The minimum atomic E-state index is -1.81. The van der Waals surface area contributed by atoms with Gasteiger partial charge >= 0.3 is 11.9 Å². The first-order valence-electron chi connectivity index (χ1n) is 13.1. The van der Waals surface area contributed by atoms with Crippen molar-refractivity contribution in [3.8, 4) is 5.75 Å². The van der Waals surface area contributed by atoms with Crippen LogP contribution >= 0.6 is 0 Å². The molecule has 0 heterocycles. The van der Waals surface area contributed by atoms with E-state index in [1.807, 2.05) is 12.1 Å². The number of benzene rings is 1. The average molecular weight is 528 g/mol. The summed E-state index contributed by atoms with van der Waals surface area (Å²) in [7, 11) is 1.58. The van der Waals surface area contributed by atoms with E-state index in [4.69, 9.17) is 33.2 Å². The molecule has 0 aliphatic rings. The van der Waals surface area contributed by atoms with E-state index in [2.05, 4.69) is 5.32 Å². The Morgan fingerprint density at radius 1 is 0.730 bits per heavy atom. The van der Waals surface area contributed by atoms with Crippen LogP contribution in [0.25, 0.3) is 0 Å². The summed E-state index contributed by atoms with van der Waals surface area (Å²) in [4.78, 5) is 26.6. The van der Waals surface area contributed by atoms with E-state index in [9.17, 15) is 9.59 Å². The largest absolute Gasteiger partial charge is 0.497 e. The first-order chi connectivity index (χ1) is 17.7. The van der Waals surface area contributed by atoms with E-state index < -0.39 is 35.5 Å². The number of rotatable bonds is 19. The quantitative estimate of drug-likeness (QED) is 0.208. The van der Waals surface area contributed by atoms with Crippen molar-refractivity contribution in [2.45, 2.75) is 72.5 Å². The molecule has 0 amide bonds. The highest BCUT2D eigenvalue weighted by Gasteiger charge is 2.55. The molecule has 0 radical (unpaired) electrons. The lowest BCUT2D eigenvalue weighted by Crippen LogP contribution is -2.60. The zero-order valence-electron chi connectivity index (χ0n) is 23.6. The molecule has 2 atom stereocenters. The normalized spacial score (nSPS) is 13.5. The number of esters is 2. The highest BCUT2D eigenvalue weighted by atomic mass is 16.7. The van der Waals surface area contributed by atoms with Crippen LogP contribution in [0, 0.1) is 5.92 Å². The summed E-state index contributed by atoms with van der Waals surface area (Å²) in [5, 5.41) is 3.37. The van der Waals surface area contributed by atoms with Crippen LogP contribution in [0.2, 0.25) is 0 Å². The lowest BCUT2D eigenvalue weighted by Gasteiger charge is -2.42. The van der Waals surface area contributed by atoms with Crippen molar-refractivity contribution in [1.82, 2.24) is 0 Å². The van der Waals surface area contributed by atoms with E-state index in [1.54, 1.807) is 67.7 Å². The van der Waals surface area contributed by atoms with Crippen molar-refractivity contribution >= 4 is 17.6 Å².